The van der Waals surface area contributed by atoms with E-state index >= 15 is 0 Å². The minimum atomic E-state index is 0.889. The topological polar surface area (TPSA) is 12.9 Å². The van der Waals surface area contributed by atoms with Crippen LogP contribution in [-0.4, -0.2) is 4.98 Å². The van der Waals surface area contributed by atoms with Crippen LogP contribution in [0.4, 0.5) is 0 Å². The van der Waals surface area contributed by atoms with Crippen LogP contribution >= 0.6 is 15.9 Å². The maximum atomic E-state index is 4.29. The zero-order valence-electron chi connectivity index (χ0n) is 7.65. The molecule has 0 N–H and O–H groups in total. The van der Waals surface area contributed by atoms with Crippen molar-refractivity contribution in [3.63, 3.8) is 0 Å². The van der Waals surface area contributed by atoms with Crippen molar-refractivity contribution < 1.29 is 0 Å². The summed E-state index contributed by atoms with van der Waals surface area (Å²) < 4.78 is 1.12. The molecule has 1 aromatic heterocycles. The third kappa shape index (κ3) is 2.42. The van der Waals surface area contributed by atoms with Gasteiger partial charge in [0, 0.05) is 22.8 Å². The molecular formula is C12H10BrN. The Morgan fingerprint density at radius 1 is 1.07 bits per heavy atom. The highest BCUT2D eigenvalue weighted by Gasteiger charge is 1.96. The molecule has 2 aromatic rings. The summed E-state index contributed by atoms with van der Waals surface area (Å²) in [5.74, 6) is 0. The summed E-state index contributed by atoms with van der Waals surface area (Å²) in [6, 6.07) is 14.3. The fourth-order valence-electron chi connectivity index (χ4n) is 1.36. The summed E-state index contributed by atoms with van der Waals surface area (Å²) >= 11 is 3.46. The lowest BCUT2D eigenvalue weighted by Gasteiger charge is -2.00. The molecule has 2 heteroatoms. The largest absolute Gasteiger partial charge is 0.261 e. The summed E-state index contributed by atoms with van der Waals surface area (Å²) in [6.45, 7) is 0. The molecule has 0 unspecified atom stereocenters. The highest BCUT2D eigenvalue weighted by Crippen LogP contribution is 2.13. The normalized spacial score (nSPS) is 10.1. The van der Waals surface area contributed by atoms with Crippen molar-refractivity contribution in [1.82, 2.24) is 4.98 Å². The third-order valence-electron chi connectivity index (χ3n) is 2.00. The van der Waals surface area contributed by atoms with Gasteiger partial charge in [-0.15, -0.1) is 0 Å². The Kier molecular flexibility index (Phi) is 2.94. The van der Waals surface area contributed by atoms with E-state index in [0.717, 1.165) is 16.6 Å². The molecule has 2 rings (SSSR count). The lowest BCUT2D eigenvalue weighted by atomic mass is 10.1. The lowest BCUT2D eigenvalue weighted by Crippen LogP contribution is -1.90. The van der Waals surface area contributed by atoms with E-state index in [9.17, 15) is 0 Å². The van der Waals surface area contributed by atoms with Gasteiger partial charge < -0.3 is 0 Å². The van der Waals surface area contributed by atoms with Crippen molar-refractivity contribution in [3.8, 4) is 0 Å². The van der Waals surface area contributed by atoms with Gasteiger partial charge in [0.15, 0.2) is 0 Å². The SMILES string of the molecule is Brc1cccc(Cc2ccccn2)c1. The molecule has 1 aromatic carbocycles. The molecule has 1 heterocycles. The zero-order valence-corrected chi connectivity index (χ0v) is 9.24. The van der Waals surface area contributed by atoms with E-state index in [1.165, 1.54) is 5.56 Å². The third-order valence-corrected chi connectivity index (χ3v) is 2.49. The van der Waals surface area contributed by atoms with Gasteiger partial charge in [-0.25, -0.2) is 0 Å². The maximum Gasteiger partial charge on any atom is 0.0447 e. The Labute approximate surface area is 91.9 Å². The molecular weight excluding hydrogens is 238 g/mol. The summed E-state index contributed by atoms with van der Waals surface area (Å²) in [6.07, 6.45) is 2.72. The van der Waals surface area contributed by atoms with Gasteiger partial charge in [0.05, 0.1) is 0 Å². The molecule has 0 radical (unpaired) electrons. The summed E-state index contributed by atoms with van der Waals surface area (Å²) in [5, 5.41) is 0. The molecule has 0 fully saturated rings. The molecule has 0 saturated carbocycles. The number of nitrogens with zero attached hydrogens (tertiary/aromatic N) is 1. The second kappa shape index (κ2) is 4.38. The van der Waals surface area contributed by atoms with Crippen molar-refractivity contribution in [2.75, 3.05) is 0 Å². The van der Waals surface area contributed by atoms with Gasteiger partial charge >= 0.3 is 0 Å². The second-order valence-electron chi connectivity index (χ2n) is 3.13. The Balaban J connectivity index is 2.19. The maximum absolute atomic E-state index is 4.29. The first-order chi connectivity index (χ1) is 6.84. The van der Waals surface area contributed by atoms with Crippen molar-refractivity contribution in [2.24, 2.45) is 0 Å². The molecule has 1 nitrogen and oxygen atoms in total. The van der Waals surface area contributed by atoms with E-state index in [4.69, 9.17) is 0 Å². The molecule has 0 bridgehead atoms. The van der Waals surface area contributed by atoms with Gasteiger partial charge in [-0.1, -0.05) is 34.1 Å². The van der Waals surface area contributed by atoms with Gasteiger partial charge in [0.25, 0.3) is 0 Å². The van der Waals surface area contributed by atoms with Crippen molar-refractivity contribution >= 4 is 15.9 Å². The standard InChI is InChI=1S/C12H10BrN/c13-11-5-3-4-10(8-11)9-12-6-1-2-7-14-12/h1-8H,9H2. The van der Waals surface area contributed by atoms with E-state index in [0.29, 0.717) is 0 Å². The first-order valence-corrected chi connectivity index (χ1v) is 5.28. The summed E-state index contributed by atoms with van der Waals surface area (Å²) in [4.78, 5) is 4.29. The fraction of sp³-hybridized carbons (Fsp3) is 0.0833. The lowest BCUT2D eigenvalue weighted by molar-refractivity contribution is 1.07. The quantitative estimate of drug-likeness (QED) is 0.793. The van der Waals surface area contributed by atoms with E-state index < -0.39 is 0 Å². The molecule has 0 amide bonds. The van der Waals surface area contributed by atoms with Gasteiger partial charge in [-0.3, -0.25) is 4.98 Å². The predicted octanol–water partition coefficient (Wildman–Crippen LogP) is 3.43. The van der Waals surface area contributed by atoms with Crippen LogP contribution in [0, 0.1) is 0 Å². The molecule has 0 atom stereocenters. The summed E-state index contributed by atoms with van der Waals surface area (Å²) in [7, 11) is 0. The van der Waals surface area contributed by atoms with Crippen LogP contribution in [0.15, 0.2) is 53.1 Å². The van der Waals surface area contributed by atoms with Gasteiger partial charge in [0.1, 0.15) is 0 Å². The molecule has 0 aliphatic heterocycles. The highest BCUT2D eigenvalue weighted by atomic mass is 79.9. The van der Waals surface area contributed by atoms with Gasteiger partial charge in [-0.05, 0) is 29.8 Å². The Hall–Kier alpha value is -1.15. The van der Waals surface area contributed by atoms with Crippen LogP contribution in [0.3, 0.4) is 0 Å². The molecule has 70 valence electrons. The molecule has 0 saturated heterocycles. The smallest absolute Gasteiger partial charge is 0.0447 e. The van der Waals surface area contributed by atoms with E-state index in [1.807, 2.05) is 36.5 Å². The van der Waals surface area contributed by atoms with Gasteiger partial charge in [-0.2, -0.15) is 0 Å². The van der Waals surface area contributed by atoms with E-state index in [1.54, 1.807) is 0 Å². The van der Waals surface area contributed by atoms with Crippen LogP contribution < -0.4 is 0 Å². The number of hydrogen-bond acceptors (Lipinski definition) is 1. The first-order valence-electron chi connectivity index (χ1n) is 4.49. The molecule has 0 aliphatic rings. The van der Waals surface area contributed by atoms with E-state index in [2.05, 4.69) is 33.0 Å². The van der Waals surface area contributed by atoms with Crippen molar-refractivity contribution in [2.45, 2.75) is 6.42 Å². The Morgan fingerprint density at radius 2 is 2.00 bits per heavy atom. The van der Waals surface area contributed by atoms with Crippen LogP contribution in [0.1, 0.15) is 11.3 Å². The number of aromatic nitrogens is 1. The Morgan fingerprint density at radius 3 is 2.71 bits per heavy atom. The van der Waals surface area contributed by atoms with Crippen molar-refractivity contribution in [3.05, 3.63) is 64.4 Å². The zero-order chi connectivity index (χ0) is 9.80. The van der Waals surface area contributed by atoms with Gasteiger partial charge in [0.2, 0.25) is 0 Å². The van der Waals surface area contributed by atoms with Crippen molar-refractivity contribution in [1.29, 1.82) is 0 Å². The minimum absolute atomic E-state index is 0.889. The minimum Gasteiger partial charge on any atom is -0.261 e. The Bertz CT molecular complexity index is 412. The number of benzene rings is 1. The molecule has 14 heavy (non-hydrogen) atoms. The van der Waals surface area contributed by atoms with Crippen LogP contribution in [0.25, 0.3) is 0 Å². The fourth-order valence-corrected chi connectivity index (χ4v) is 1.81. The van der Waals surface area contributed by atoms with Crippen LogP contribution in [0.2, 0.25) is 0 Å². The monoisotopic (exact) mass is 247 g/mol. The number of hydrogen-bond donors (Lipinski definition) is 0. The van der Waals surface area contributed by atoms with E-state index in [-0.39, 0.29) is 0 Å². The number of pyridine rings is 1. The highest BCUT2D eigenvalue weighted by molar-refractivity contribution is 9.10. The first kappa shape index (κ1) is 9.41. The predicted molar refractivity (Wildman–Crippen MR) is 61.2 cm³/mol. The van der Waals surface area contributed by atoms with Crippen LogP contribution in [-0.2, 0) is 6.42 Å². The number of halogens is 1. The average molecular weight is 248 g/mol. The molecule has 0 spiro atoms. The number of rotatable bonds is 2. The second-order valence-corrected chi connectivity index (χ2v) is 4.04. The van der Waals surface area contributed by atoms with Crippen LogP contribution in [0.5, 0.6) is 0 Å². The average Bonchev–Trinajstić information content (AvgIpc) is 2.19. The summed E-state index contributed by atoms with van der Waals surface area (Å²) in [5.41, 5.74) is 2.38. The molecule has 0 aliphatic carbocycles.